The molecular weight excluding hydrogens is 256 g/mol. The first-order valence-electron chi connectivity index (χ1n) is 6.88. The molecular formula is C15H22N2O3. The summed E-state index contributed by atoms with van der Waals surface area (Å²) in [5.41, 5.74) is 1.06. The number of hydrogen-bond acceptors (Lipinski definition) is 4. The summed E-state index contributed by atoms with van der Waals surface area (Å²) in [6.07, 6.45) is 4.44. The molecule has 20 heavy (non-hydrogen) atoms. The molecule has 0 unspecified atom stereocenters. The molecule has 0 bridgehead atoms. The minimum Gasteiger partial charge on any atom is -0.465 e. The zero-order chi connectivity index (χ0) is 15.0. The molecule has 0 saturated heterocycles. The minimum atomic E-state index is -0.363. The van der Waals surface area contributed by atoms with E-state index >= 15 is 0 Å². The zero-order valence-electron chi connectivity index (χ0n) is 12.3. The van der Waals surface area contributed by atoms with Crippen molar-refractivity contribution in [2.24, 2.45) is 0 Å². The van der Waals surface area contributed by atoms with E-state index in [0.717, 1.165) is 5.56 Å². The van der Waals surface area contributed by atoms with Crippen molar-refractivity contribution in [3.63, 3.8) is 0 Å². The van der Waals surface area contributed by atoms with Gasteiger partial charge in [-0.1, -0.05) is 0 Å². The number of amides is 1. The van der Waals surface area contributed by atoms with Gasteiger partial charge in [0, 0.05) is 24.9 Å². The van der Waals surface area contributed by atoms with Gasteiger partial charge in [-0.15, -0.1) is 0 Å². The standard InChI is InChI=1S/C15H22N2O3/c1-4-20-15(19)11-17(12(2)3)14(18)6-5-13-7-9-16-10-8-13/h7-10,12H,4-6,11H2,1-3H3. The molecule has 0 fully saturated rings. The average molecular weight is 278 g/mol. The van der Waals surface area contributed by atoms with Crippen molar-refractivity contribution in [3.05, 3.63) is 30.1 Å². The van der Waals surface area contributed by atoms with E-state index in [9.17, 15) is 9.59 Å². The third-order valence-corrected chi connectivity index (χ3v) is 2.93. The maximum atomic E-state index is 12.2. The maximum Gasteiger partial charge on any atom is 0.325 e. The topological polar surface area (TPSA) is 59.5 Å². The molecule has 0 aromatic carbocycles. The van der Waals surface area contributed by atoms with E-state index in [1.165, 1.54) is 0 Å². The van der Waals surface area contributed by atoms with Crippen LogP contribution >= 0.6 is 0 Å². The normalized spacial score (nSPS) is 10.4. The molecule has 5 heteroatoms. The number of rotatable bonds is 7. The van der Waals surface area contributed by atoms with E-state index in [0.29, 0.717) is 19.4 Å². The van der Waals surface area contributed by atoms with Crippen LogP contribution in [0.2, 0.25) is 0 Å². The average Bonchev–Trinajstić information content (AvgIpc) is 2.43. The lowest BCUT2D eigenvalue weighted by Crippen LogP contribution is -2.41. The minimum absolute atomic E-state index is 0.0146. The largest absolute Gasteiger partial charge is 0.465 e. The fourth-order valence-electron chi connectivity index (χ4n) is 1.85. The number of carbonyl (C=O) groups is 2. The quantitative estimate of drug-likeness (QED) is 0.714. The fraction of sp³-hybridized carbons (Fsp3) is 0.533. The Morgan fingerprint density at radius 2 is 1.95 bits per heavy atom. The Morgan fingerprint density at radius 1 is 1.30 bits per heavy atom. The first-order valence-corrected chi connectivity index (χ1v) is 6.88. The first kappa shape index (κ1) is 16.1. The second-order valence-electron chi connectivity index (χ2n) is 4.78. The molecule has 0 atom stereocenters. The first-order chi connectivity index (χ1) is 9.54. The van der Waals surface area contributed by atoms with Gasteiger partial charge in [-0.2, -0.15) is 0 Å². The Hall–Kier alpha value is -1.91. The van der Waals surface area contributed by atoms with Crippen molar-refractivity contribution in [1.82, 2.24) is 9.88 Å². The summed E-state index contributed by atoms with van der Waals surface area (Å²) < 4.78 is 4.89. The Labute approximate surface area is 119 Å². The fourth-order valence-corrected chi connectivity index (χ4v) is 1.85. The van der Waals surface area contributed by atoms with Gasteiger partial charge in [0.2, 0.25) is 5.91 Å². The number of esters is 1. The van der Waals surface area contributed by atoms with Gasteiger partial charge in [0.1, 0.15) is 6.54 Å². The van der Waals surface area contributed by atoms with E-state index in [2.05, 4.69) is 4.98 Å². The van der Waals surface area contributed by atoms with Crippen molar-refractivity contribution < 1.29 is 14.3 Å². The molecule has 0 aliphatic rings. The van der Waals surface area contributed by atoms with Crippen LogP contribution in [0.4, 0.5) is 0 Å². The van der Waals surface area contributed by atoms with Crippen molar-refractivity contribution in [2.75, 3.05) is 13.2 Å². The molecule has 1 aromatic heterocycles. The molecule has 5 nitrogen and oxygen atoms in total. The Kier molecular flexibility index (Phi) is 6.70. The van der Waals surface area contributed by atoms with E-state index in [4.69, 9.17) is 4.74 Å². The smallest absolute Gasteiger partial charge is 0.325 e. The summed E-state index contributed by atoms with van der Waals surface area (Å²) in [7, 11) is 0. The van der Waals surface area contributed by atoms with Gasteiger partial charge >= 0.3 is 5.97 Å². The number of ether oxygens (including phenoxy) is 1. The highest BCUT2D eigenvalue weighted by molar-refractivity contribution is 5.82. The molecule has 0 aliphatic heterocycles. The molecule has 1 amide bonds. The third-order valence-electron chi connectivity index (χ3n) is 2.93. The molecule has 1 rings (SSSR count). The second-order valence-corrected chi connectivity index (χ2v) is 4.78. The van der Waals surface area contributed by atoms with Crippen molar-refractivity contribution in [3.8, 4) is 0 Å². The van der Waals surface area contributed by atoms with E-state index in [1.807, 2.05) is 26.0 Å². The maximum absolute atomic E-state index is 12.2. The van der Waals surface area contributed by atoms with Gasteiger partial charge in [-0.25, -0.2) is 0 Å². The molecule has 0 radical (unpaired) electrons. The molecule has 1 aromatic rings. The van der Waals surface area contributed by atoms with E-state index in [1.54, 1.807) is 24.2 Å². The van der Waals surface area contributed by atoms with Gasteiger partial charge in [-0.05, 0) is 44.9 Å². The summed E-state index contributed by atoms with van der Waals surface area (Å²) in [4.78, 5) is 29.2. The second kappa shape index (κ2) is 8.30. The van der Waals surface area contributed by atoms with Gasteiger partial charge in [0.05, 0.1) is 6.61 Å². The van der Waals surface area contributed by atoms with E-state index in [-0.39, 0.29) is 24.5 Å². The van der Waals surface area contributed by atoms with Gasteiger partial charge in [0.15, 0.2) is 0 Å². The third kappa shape index (κ3) is 5.38. The van der Waals surface area contributed by atoms with Crippen molar-refractivity contribution in [1.29, 1.82) is 0 Å². The van der Waals surface area contributed by atoms with Crippen LogP contribution in [-0.4, -0.2) is 41.0 Å². The van der Waals surface area contributed by atoms with Crippen LogP contribution in [0.5, 0.6) is 0 Å². The number of aromatic nitrogens is 1. The molecule has 110 valence electrons. The Bertz CT molecular complexity index is 432. The van der Waals surface area contributed by atoms with Crippen molar-refractivity contribution >= 4 is 11.9 Å². The van der Waals surface area contributed by atoms with Crippen LogP contribution in [0.25, 0.3) is 0 Å². The number of nitrogens with zero attached hydrogens (tertiary/aromatic N) is 2. The molecule has 0 saturated carbocycles. The van der Waals surface area contributed by atoms with Gasteiger partial charge < -0.3 is 9.64 Å². The lowest BCUT2D eigenvalue weighted by molar-refractivity contribution is -0.150. The highest BCUT2D eigenvalue weighted by Crippen LogP contribution is 2.07. The number of hydrogen-bond donors (Lipinski definition) is 0. The number of pyridine rings is 1. The lowest BCUT2D eigenvalue weighted by atomic mass is 10.1. The van der Waals surface area contributed by atoms with Gasteiger partial charge in [-0.3, -0.25) is 14.6 Å². The summed E-state index contributed by atoms with van der Waals surface area (Å²) in [5.74, 6) is -0.400. The van der Waals surface area contributed by atoms with Crippen LogP contribution < -0.4 is 0 Å². The van der Waals surface area contributed by atoms with Crippen molar-refractivity contribution in [2.45, 2.75) is 39.7 Å². The number of carbonyl (C=O) groups excluding carboxylic acids is 2. The molecule has 1 heterocycles. The zero-order valence-corrected chi connectivity index (χ0v) is 12.3. The molecule has 0 N–H and O–H groups in total. The monoisotopic (exact) mass is 278 g/mol. The summed E-state index contributed by atoms with van der Waals surface area (Å²) in [5, 5.41) is 0. The lowest BCUT2D eigenvalue weighted by Gasteiger charge is -2.25. The van der Waals surface area contributed by atoms with Crippen LogP contribution in [-0.2, 0) is 20.7 Å². The summed E-state index contributed by atoms with van der Waals surface area (Å²) >= 11 is 0. The SMILES string of the molecule is CCOC(=O)CN(C(=O)CCc1ccncc1)C(C)C. The number of aryl methyl sites for hydroxylation is 1. The predicted octanol–water partition coefficient (Wildman–Crippen LogP) is 1.81. The molecule has 0 spiro atoms. The van der Waals surface area contributed by atoms with E-state index < -0.39 is 0 Å². The van der Waals surface area contributed by atoms with Crippen LogP contribution in [0.3, 0.4) is 0 Å². The Balaban J connectivity index is 2.54. The van der Waals surface area contributed by atoms with Crippen LogP contribution in [0.15, 0.2) is 24.5 Å². The van der Waals surface area contributed by atoms with Crippen LogP contribution in [0.1, 0.15) is 32.8 Å². The summed E-state index contributed by atoms with van der Waals surface area (Å²) in [6.45, 7) is 5.88. The highest BCUT2D eigenvalue weighted by atomic mass is 16.5. The van der Waals surface area contributed by atoms with Crippen LogP contribution in [0, 0.1) is 0 Å². The summed E-state index contributed by atoms with van der Waals surface area (Å²) in [6, 6.07) is 3.75. The molecule has 0 aliphatic carbocycles. The highest BCUT2D eigenvalue weighted by Gasteiger charge is 2.20. The Morgan fingerprint density at radius 3 is 2.50 bits per heavy atom. The predicted molar refractivity (Wildman–Crippen MR) is 76.0 cm³/mol. The van der Waals surface area contributed by atoms with Gasteiger partial charge in [0.25, 0.3) is 0 Å².